The van der Waals surface area contributed by atoms with Crippen molar-refractivity contribution in [1.82, 2.24) is 0 Å². The Morgan fingerprint density at radius 3 is 1.11 bits per heavy atom. The first kappa shape index (κ1) is 46.0. The van der Waals surface area contributed by atoms with Gasteiger partial charge in [-0.15, -0.1) is 0 Å². The molecule has 2 aliphatic rings. The summed E-state index contributed by atoms with van der Waals surface area (Å²) in [6, 6.07) is 66.2. The second kappa shape index (κ2) is 19.8. The largest absolute Gasteiger partial charge is 0.499 e. The molecule has 4 unspecified atom stereocenters. The summed E-state index contributed by atoms with van der Waals surface area (Å²) in [5.74, 6) is 0.266. The number of aromatic hydroxyl groups is 2. The molecule has 2 aromatic heterocycles. The quantitative estimate of drug-likeness (QED) is 0.174. The van der Waals surface area contributed by atoms with E-state index in [4.69, 9.17) is 0 Å². The van der Waals surface area contributed by atoms with Crippen LogP contribution >= 0.6 is 54.5 Å². The molecule has 10 aromatic rings. The molecule has 8 aromatic carbocycles. The second-order valence-electron chi connectivity index (χ2n) is 18.3. The van der Waals surface area contributed by atoms with Crippen LogP contribution in [0, 0.1) is 0 Å². The molecule has 8 heteroatoms. The van der Waals surface area contributed by atoms with Crippen molar-refractivity contribution in [2.45, 2.75) is 49.4 Å². The molecular weight excluding hydrogens is 1030 g/mol. The molecule has 70 heavy (non-hydrogen) atoms. The fourth-order valence-electron chi connectivity index (χ4n) is 10.8. The molecule has 0 aliphatic heterocycles. The standard InChI is InChI=1S/2C31H23BrO2S/c2*32-24-15-13-20(14-16-24)19-9-11-21(12-10-19)23-17-22-5-1-2-6-25(22)27(18-23)29-30(33)26-7-3-4-8-28(26)35-31(29)34/h2*1-16,23,27,34H,17-18H2. The minimum atomic E-state index is -0.135. The molecule has 2 heterocycles. The number of rotatable bonds is 6. The lowest BCUT2D eigenvalue weighted by molar-refractivity contribution is 0.465. The van der Waals surface area contributed by atoms with Crippen LogP contribution in [0.2, 0.25) is 0 Å². The fourth-order valence-corrected chi connectivity index (χ4v) is 13.2. The summed E-state index contributed by atoms with van der Waals surface area (Å²) in [6.45, 7) is 0. The maximum absolute atomic E-state index is 13.6. The van der Waals surface area contributed by atoms with Gasteiger partial charge in [-0.2, -0.15) is 0 Å². The number of fused-ring (bicyclic) bond motifs is 4. The molecule has 0 spiro atoms. The minimum Gasteiger partial charge on any atom is -0.499 e. The molecule has 0 radical (unpaired) electrons. The Bertz CT molecular complexity index is 3420. The Hall–Kier alpha value is -6.42. The van der Waals surface area contributed by atoms with Crippen LogP contribution in [0.25, 0.3) is 42.4 Å². The van der Waals surface area contributed by atoms with E-state index in [1.165, 1.54) is 67.2 Å². The van der Waals surface area contributed by atoms with Gasteiger partial charge in [-0.3, -0.25) is 9.59 Å². The van der Waals surface area contributed by atoms with E-state index in [0.717, 1.165) is 55.2 Å². The van der Waals surface area contributed by atoms with Crippen LogP contribution in [0.15, 0.2) is 213 Å². The molecule has 12 rings (SSSR count). The summed E-state index contributed by atoms with van der Waals surface area (Å²) in [4.78, 5) is 27.1. The van der Waals surface area contributed by atoms with Gasteiger partial charge in [0.05, 0.1) is 11.1 Å². The summed E-state index contributed by atoms with van der Waals surface area (Å²) in [7, 11) is 0. The van der Waals surface area contributed by atoms with Gasteiger partial charge in [-0.25, -0.2) is 0 Å². The van der Waals surface area contributed by atoms with Crippen LogP contribution in [0.4, 0.5) is 0 Å². The molecular formula is C62H46Br2O4S2. The van der Waals surface area contributed by atoms with Gasteiger partial charge in [0.15, 0.2) is 21.0 Å². The topological polar surface area (TPSA) is 74.6 Å². The Kier molecular flexibility index (Phi) is 13.0. The van der Waals surface area contributed by atoms with Crippen molar-refractivity contribution < 1.29 is 10.2 Å². The second-order valence-corrected chi connectivity index (χ2v) is 22.2. The molecule has 0 saturated carbocycles. The zero-order valence-corrected chi connectivity index (χ0v) is 42.7. The average molecular weight is 1080 g/mol. The van der Waals surface area contributed by atoms with Gasteiger partial charge >= 0.3 is 0 Å². The van der Waals surface area contributed by atoms with Crippen LogP contribution in [0.3, 0.4) is 0 Å². The van der Waals surface area contributed by atoms with E-state index < -0.39 is 0 Å². The molecule has 344 valence electrons. The van der Waals surface area contributed by atoms with Crippen molar-refractivity contribution in [2.24, 2.45) is 0 Å². The molecule has 0 fully saturated rings. The van der Waals surface area contributed by atoms with Gasteiger partial charge in [0.1, 0.15) is 0 Å². The van der Waals surface area contributed by atoms with Gasteiger partial charge in [0.2, 0.25) is 0 Å². The van der Waals surface area contributed by atoms with E-state index in [-0.39, 0.29) is 44.7 Å². The predicted molar refractivity (Wildman–Crippen MR) is 297 cm³/mol. The lowest BCUT2D eigenvalue weighted by Crippen LogP contribution is -2.23. The third-order valence-corrected chi connectivity index (χ3v) is 17.3. The highest BCUT2D eigenvalue weighted by Gasteiger charge is 2.34. The van der Waals surface area contributed by atoms with Crippen molar-refractivity contribution in [3.05, 3.63) is 268 Å². The Morgan fingerprint density at radius 2 is 0.729 bits per heavy atom. The lowest BCUT2D eigenvalue weighted by Gasteiger charge is -2.32. The van der Waals surface area contributed by atoms with Crippen molar-refractivity contribution in [3.8, 4) is 32.4 Å². The first-order valence-electron chi connectivity index (χ1n) is 23.5. The van der Waals surface area contributed by atoms with Gasteiger partial charge in [-0.05, 0) is 142 Å². The average Bonchev–Trinajstić information content (AvgIpc) is 3.39. The molecule has 0 amide bonds. The van der Waals surface area contributed by atoms with Gasteiger partial charge in [0.25, 0.3) is 0 Å². The number of hydrogen-bond acceptors (Lipinski definition) is 6. The summed E-state index contributed by atoms with van der Waals surface area (Å²) in [5, 5.41) is 23.7. The number of halogens is 2. The zero-order valence-electron chi connectivity index (χ0n) is 37.9. The summed E-state index contributed by atoms with van der Waals surface area (Å²) in [6.07, 6.45) is 3.44. The third kappa shape index (κ3) is 9.10. The highest BCUT2D eigenvalue weighted by molar-refractivity contribution is 9.10. The molecule has 2 aliphatic carbocycles. The summed E-state index contributed by atoms with van der Waals surface area (Å²) in [5.41, 5.74) is 13.1. The fraction of sp³-hybridized carbons (Fsp3) is 0.129. The Labute approximate surface area is 431 Å². The normalized spacial score (nSPS) is 17.3. The van der Waals surface area contributed by atoms with Crippen molar-refractivity contribution in [3.63, 3.8) is 0 Å². The Morgan fingerprint density at radius 1 is 0.400 bits per heavy atom. The van der Waals surface area contributed by atoms with Crippen LogP contribution in [0.5, 0.6) is 10.1 Å². The number of hydrogen-bond donors (Lipinski definition) is 2. The van der Waals surface area contributed by atoms with Crippen molar-refractivity contribution in [2.75, 3.05) is 0 Å². The third-order valence-electron chi connectivity index (χ3n) is 14.3. The predicted octanol–water partition coefficient (Wildman–Crippen LogP) is 16.5. The van der Waals surface area contributed by atoms with E-state index in [0.29, 0.717) is 21.9 Å². The van der Waals surface area contributed by atoms with E-state index in [1.54, 1.807) is 0 Å². The van der Waals surface area contributed by atoms with E-state index >= 15 is 0 Å². The van der Waals surface area contributed by atoms with Crippen LogP contribution in [-0.4, -0.2) is 10.2 Å². The first-order chi connectivity index (χ1) is 34.2. The first-order valence-corrected chi connectivity index (χ1v) is 26.8. The molecule has 4 nitrogen and oxygen atoms in total. The van der Waals surface area contributed by atoms with Crippen molar-refractivity contribution in [1.29, 1.82) is 0 Å². The molecule has 0 bridgehead atoms. The molecule has 0 saturated heterocycles. The highest BCUT2D eigenvalue weighted by Crippen LogP contribution is 2.48. The van der Waals surface area contributed by atoms with Gasteiger partial charge in [0, 0.05) is 41.0 Å². The Balaban J connectivity index is 0.000000152. The molecule has 4 atom stereocenters. The maximum atomic E-state index is 13.6. The molecule has 2 N–H and O–H groups in total. The highest BCUT2D eigenvalue weighted by atomic mass is 79.9. The van der Waals surface area contributed by atoms with Gasteiger partial charge in [-0.1, -0.05) is 200 Å². The monoisotopic (exact) mass is 1080 g/mol. The minimum absolute atomic E-state index is 0.0529. The maximum Gasteiger partial charge on any atom is 0.195 e. The zero-order chi connectivity index (χ0) is 47.9. The summed E-state index contributed by atoms with van der Waals surface area (Å²) >= 11 is 9.61. The van der Waals surface area contributed by atoms with E-state index in [9.17, 15) is 19.8 Å². The SMILES string of the molecule is O=c1c(C2CC(c3ccc(-c4ccc(Br)cc4)cc3)Cc3ccccc32)c(O)sc2ccccc12.O=c1c(C2CC(c3ccc(-c4ccc(Br)cc4)cc3)Cc3ccccc32)c(O)sc2ccccc12. The van der Waals surface area contributed by atoms with E-state index in [1.807, 2.05) is 60.7 Å². The van der Waals surface area contributed by atoms with Crippen molar-refractivity contribution >= 4 is 74.7 Å². The summed E-state index contributed by atoms with van der Waals surface area (Å²) < 4.78 is 3.78. The van der Waals surface area contributed by atoms with Crippen LogP contribution < -0.4 is 10.9 Å². The van der Waals surface area contributed by atoms with Crippen LogP contribution in [-0.2, 0) is 12.8 Å². The van der Waals surface area contributed by atoms with Gasteiger partial charge < -0.3 is 10.2 Å². The smallest absolute Gasteiger partial charge is 0.195 e. The number of benzene rings is 8. The van der Waals surface area contributed by atoms with Crippen LogP contribution in [0.1, 0.15) is 81.0 Å². The van der Waals surface area contributed by atoms with E-state index in [2.05, 4.69) is 165 Å². The lowest BCUT2D eigenvalue weighted by atomic mass is 9.72.